The molecule has 0 spiro atoms. The van der Waals surface area contributed by atoms with Crippen molar-refractivity contribution in [1.82, 2.24) is 9.88 Å². The Morgan fingerprint density at radius 3 is 2.56 bits per heavy atom. The van der Waals surface area contributed by atoms with Crippen molar-refractivity contribution in [2.75, 3.05) is 11.8 Å². The van der Waals surface area contributed by atoms with Crippen LogP contribution in [0.2, 0.25) is 5.02 Å². The quantitative estimate of drug-likeness (QED) is 0.550. The van der Waals surface area contributed by atoms with Gasteiger partial charge in [-0.3, -0.25) is 24.2 Å². The third kappa shape index (κ3) is 3.92. The standard InChI is InChI=1S/C22H18ClN3O5S/c1-13-10-15(23)6-7-17(13)25-32(29,30)19-11-14(5-8-18(19)31-2)12-26-21(27)16-4-3-9-24-20(16)22(26)28/h3-11,25H,12H2,1-2H3. The van der Waals surface area contributed by atoms with Gasteiger partial charge in [-0.2, -0.15) is 0 Å². The smallest absolute Gasteiger partial charge is 0.280 e. The van der Waals surface area contributed by atoms with Crippen LogP contribution < -0.4 is 9.46 Å². The lowest BCUT2D eigenvalue weighted by molar-refractivity contribution is 0.0640. The number of imide groups is 1. The molecule has 0 atom stereocenters. The molecule has 3 aromatic rings. The summed E-state index contributed by atoms with van der Waals surface area (Å²) in [6.45, 7) is 1.62. The summed E-state index contributed by atoms with van der Waals surface area (Å²) in [4.78, 5) is 30.1. The van der Waals surface area contributed by atoms with Crippen molar-refractivity contribution in [3.8, 4) is 5.75 Å². The van der Waals surface area contributed by atoms with Crippen LogP contribution in [0.1, 0.15) is 32.0 Å². The molecule has 2 heterocycles. The Morgan fingerprint density at radius 2 is 1.88 bits per heavy atom. The molecule has 1 N–H and O–H groups in total. The van der Waals surface area contributed by atoms with Crippen LogP contribution in [0.3, 0.4) is 0 Å². The van der Waals surface area contributed by atoms with Gasteiger partial charge in [-0.1, -0.05) is 17.7 Å². The summed E-state index contributed by atoms with van der Waals surface area (Å²) in [5.74, 6) is -0.883. The van der Waals surface area contributed by atoms with Gasteiger partial charge in [0, 0.05) is 11.2 Å². The Morgan fingerprint density at radius 1 is 1.09 bits per heavy atom. The minimum atomic E-state index is -4.05. The van der Waals surface area contributed by atoms with Gasteiger partial charge in [0.2, 0.25) is 0 Å². The fourth-order valence-electron chi connectivity index (χ4n) is 3.41. The number of anilines is 1. The minimum absolute atomic E-state index is 0.0822. The summed E-state index contributed by atoms with van der Waals surface area (Å²) in [7, 11) is -2.69. The molecule has 0 aliphatic carbocycles. The molecular formula is C22H18ClN3O5S. The van der Waals surface area contributed by atoms with Crippen LogP contribution in [-0.4, -0.2) is 37.2 Å². The van der Waals surface area contributed by atoms with Gasteiger partial charge in [0.1, 0.15) is 16.3 Å². The van der Waals surface area contributed by atoms with E-state index >= 15 is 0 Å². The lowest BCUT2D eigenvalue weighted by Gasteiger charge is -2.17. The molecule has 2 aromatic carbocycles. The van der Waals surface area contributed by atoms with Crippen molar-refractivity contribution in [2.45, 2.75) is 18.4 Å². The van der Waals surface area contributed by atoms with Crippen LogP contribution in [0.25, 0.3) is 0 Å². The number of carbonyl (C=O) groups is 2. The Labute approximate surface area is 189 Å². The van der Waals surface area contributed by atoms with E-state index < -0.39 is 21.8 Å². The normalized spacial score (nSPS) is 13.3. The van der Waals surface area contributed by atoms with Crippen molar-refractivity contribution in [3.05, 3.63) is 82.1 Å². The van der Waals surface area contributed by atoms with E-state index in [9.17, 15) is 18.0 Å². The topological polar surface area (TPSA) is 106 Å². The second kappa shape index (κ2) is 8.25. The number of methoxy groups -OCH3 is 1. The largest absolute Gasteiger partial charge is 0.495 e. The highest BCUT2D eigenvalue weighted by Crippen LogP contribution is 2.30. The highest BCUT2D eigenvalue weighted by atomic mass is 35.5. The van der Waals surface area contributed by atoms with Crippen molar-refractivity contribution in [3.63, 3.8) is 0 Å². The van der Waals surface area contributed by atoms with Crippen LogP contribution in [0.5, 0.6) is 5.75 Å². The van der Waals surface area contributed by atoms with Gasteiger partial charge in [0.15, 0.2) is 0 Å². The number of ether oxygens (including phenoxy) is 1. The number of nitrogens with zero attached hydrogens (tertiary/aromatic N) is 2. The molecule has 164 valence electrons. The molecule has 32 heavy (non-hydrogen) atoms. The molecule has 1 aliphatic rings. The number of nitrogens with one attached hydrogen (secondary N) is 1. The molecule has 1 aromatic heterocycles. The second-order valence-corrected chi connectivity index (χ2v) is 9.23. The average Bonchev–Trinajstić information content (AvgIpc) is 3.01. The molecule has 0 bridgehead atoms. The van der Waals surface area contributed by atoms with Crippen LogP contribution in [-0.2, 0) is 16.6 Å². The molecule has 8 nitrogen and oxygen atoms in total. The van der Waals surface area contributed by atoms with Gasteiger partial charge in [0.25, 0.3) is 21.8 Å². The molecule has 2 amide bonds. The number of hydrogen-bond donors (Lipinski definition) is 1. The third-order valence-electron chi connectivity index (χ3n) is 5.02. The van der Waals surface area contributed by atoms with Crippen LogP contribution in [0.15, 0.2) is 59.6 Å². The first-order valence-corrected chi connectivity index (χ1v) is 11.3. The first kappa shape index (κ1) is 21.8. The SMILES string of the molecule is COc1ccc(CN2C(=O)c3cccnc3C2=O)cc1S(=O)(=O)Nc1ccc(Cl)cc1C. The number of sulfonamides is 1. The maximum Gasteiger partial charge on any atom is 0.280 e. The fraction of sp³-hybridized carbons (Fsp3) is 0.136. The second-order valence-electron chi connectivity index (χ2n) is 7.15. The summed E-state index contributed by atoms with van der Waals surface area (Å²) in [6.07, 6.45) is 1.44. The third-order valence-corrected chi connectivity index (χ3v) is 6.64. The molecule has 0 fully saturated rings. The summed E-state index contributed by atoms with van der Waals surface area (Å²) < 4.78 is 34.0. The van der Waals surface area contributed by atoms with Gasteiger partial charge in [0.05, 0.1) is 24.9 Å². The number of amides is 2. The van der Waals surface area contributed by atoms with Crippen LogP contribution in [0.4, 0.5) is 5.69 Å². The number of fused-ring (bicyclic) bond motifs is 1. The van der Waals surface area contributed by atoms with Gasteiger partial charge in [-0.25, -0.2) is 8.42 Å². The van der Waals surface area contributed by atoms with Gasteiger partial charge in [-0.15, -0.1) is 0 Å². The number of aromatic nitrogens is 1. The summed E-state index contributed by atoms with van der Waals surface area (Å²) in [5.41, 5.74) is 1.76. The summed E-state index contributed by atoms with van der Waals surface area (Å²) in [5, 5.41) is 0.487. The Balaban J connectivity index is 1.66. The number of rotatable bonds is 6. The van der Waals surface area contributed by atoms with Crippen molar-refractivity contribution >= 4 is 39.1 Å². The van der Waals surface area contributed by atoms with Crippen LogP contribution in [0, 0.1) is 6.92 Å². The van der Waals surface area contributed by atoms with E-state index in [-0.39, 0.29) is 28.4 Å². The van der Waals surface area contributed by atoms with E-state index in [4.69, 9.17) is 16.3 Å². The van der Waals surface area contributed by atoms with Crippen molar-refractivity contribution in [1.29, 1.82) is 0 Å². The zero-order valence-corrected chi connectivity index (χ0v) is 18.7. The molecule has 0 unspecified atom stereocenters. The number of pyridine rings is 1. The number of aryl methyl sites for hydroxylation is 1. The summed E-state index contributed by atoms with van der Waals surface area (Å²) in [6, 6.07) is 12.4. The number of halogens is 1. The Kier molecular flexibility index (Phi) is 5.62. The first-order valence-electron chi connectivity index (χ1n) is 9.48. The highest BCUT2D eigenvalue weighted by molar-refractivity contribution is 7.92. The maximum absolute atomic E-state index is 13.1. The monoisotopic (exact) mass is 471 g/mol. The van der Waals surface area contributed by atoms with Gasteiger partial charge >= 0.3 is 0 Å². The van der Waals surface area contributed by atoms with Gasteiger partial charge in [-0.05, 0) is 60.5 Å². The lowest BCUT2D eigenvalue weighted by Crippen LogP contribution is -2.29. The van der Waals surface area contributed by atoms with E-state index in [2.05, 4.69) is 9.71 Å². The molecule has 1 aliphatic heterocycles. The number of hydrogen-bond acceptors (Lipinski definition) is 6. The minimum Gasteiger partial charge on any atom is -0.495 e. The highest BCUT2D eigenvalue weighted by Gasteiger charge is 2.36. The van der Waals surface area contributed by atoms with E-state index in [1.807, 2.05) is 0 Å². The summed E-state index contributed by atoms with van der Waals surface area (Å²) >= 11 is 5.95. The molecule has 0 radical (unpaired) electrons. The van der Waals surface area contributed by atoms with E-state index in [0.29, 0.717) is 21.8 Å². The zero-order valence-electron chi connectivity index (χ0n) is 17.1. The molecule has 10 heteroatoms. The van der Waals surface area contributed by atoms with Crippen molar-refractivity contribution in [2.24, 2.45) is 0 Å². The van der Waals surface area contributed by atoms with Crippen LogP contribution >= 0.6 is 11.6 Å². The predicted octanol–water partition coefficient (Wildman–Crippen LogP) is 3.65. The average molecular weight is 472 g/mol. The molecule has 0 saturated heterocycles. The maximum atomic E-state index is 13.1. The van der Waals surface area contributed by atoms with E-state index in [0.717, 1.165) is 4.90 Å². The fourth-order valence-corrected chi connectivity index (χ4v) is 4.99. The van der Waals surface area contributed by atoms with Gasteiger partial charge < -0.3 is 4.74 Å². The van der Waals surface area contributed by atoms with E-state index in [1.54, 1.807) is 37.3 Å². The molecule has 0 saturated carbocycles. The Bertz CT molecular complexity index is 1320. The number of carbonyl (C=O) groups excluding carboxylic acids is 2. The number of benzene rings is 2. The lowest BCUT2D eigenvalue weighted by atomic mass is 10.2. The first-order chi connectivity index (χ1) is 15.2. The molecular weight excluding hydrogens is 454 g/mol. The molecule has 4 rings (SSSR count). The zero-order chi connectivity index (χ0) is 23.0. The van der Waals surface area contributed by atoms with Crippen molar-refractivity contribution < 1.29 is 22.7 Å². The predicted molar refractivity (Wildman–Crippen MR) is 118 cm³/mol. The van der Waals surface area contributed by atoms with E-state index in [1.165, 1.54) is 31.5 Å². The Hall–Kier alpha value is -3.43.